The minimum absolute atomic E-state index is 0.0257. The van der Waals surface area contributed by atoms with E-state index in [1.165, 1.54) is 0 Å². The molecule has 0 bridgehead atoms. The van der Waals surface area contributed by atoms with Crippen LogP contribution in [0.1, 0.15) is 52.0 Å². The molecule has 0 unspecified atom stereocenters. The van der Waals surface area contributed by atoms with Crippen molar-refractivity contribution in [3.8, 4) is 5.75 Å². The van der Waals surface area contributed by atoms with Gasteiger partial charge in [0, 0.05) is 23.9 Å². The van der Waals surface area contributed by atoms with Gasteiger partial charge in [-0.1, -0.05) is 12.1 Å². The van der Waals surface area contributed by atoms with Gasteiger partial charge in [-0.2, -0.15) is 0 Å². The lowest BCUT2D eigenvalue weighted by Gasteiger charge is -2.30. The molecule has 2 amide bonds. The lowest BCUT2D eigenvalue weighted by Crippen LogP contribution is -2.46. The number of benzene rings is 1. The first-order chi connectivity index (χ1) is 11.2. The Morgan fingerprint density at radius 3 is 2.46 bits per heavy atom. The Morgan fingerprint density at radius 2 is 1.96 bits per heavy atom. The third kappa shape index (κ3) is 5.25. The molecule has 1 aliphatic rings. The van der Waals surface area contributed by atoms with Gasteiger partial charge in [-0.3, -0.25) is 9.59 Å². The van der Waals surface area contributed by atoms with Crippen LogP contribution in [0.4, 0.5) is 0 Å². The van der Waals surface area contributed by atoms with Crippen molar-refractivity contribution in [2.75, 3.05) is 7.11 Å². The van der Waals surface area contributed by atoms with Crippen molar-refractivity contribution in [1.29, 1.82) is 0 Å². The fourth-order valence-corrected chi connectivity index (χ4v) is 3.15. The van der Waals surface area contributed by atoms with Crippen LogP contribution in [0.15, 0.2) is 24.3 Å². The SMILES string of the molecule is COc1ccc(C[C@@]2(CCC(=O)NC(C)(C)C)CCC(=O)N2)cc1. The van der Waals surface area contributed by atoms with Crippen molar-refractivity contribution < 1.29 is 14.3 Å². The Kier molecular flexibility index (Phi) is 5.52. The number of methoxy groups -OCH3 is 1. The highest BCUT2D eigenvalue weighted by molar-refractivity contribution is 5.80. The highest BCUT2D eigenvalue weighted by atomic mass is 16.5. The molecular weight excluding hydrogens is 304 g/mol. The molecule has 1 fully saturated rings. The monoisotopic (exact) mass is 332 g/mol. The largest absolute Gasteiger partial charge is 0.497 e. The number of carbonyl (C=O) groups is 2. The van der Waals surface area contributed by atoms with Gasteiger partial charge in [0.25, 0.3) is 0 Å². The van der Waals surface area contributed by atoms with E-state index in [0.29, 0.717) is 19.3 Å². The first-order valence-corrected chi connectivity index (χ1v) is 8.46. The summed E-state index contributed by atoms with van der Waals surface area (Å²) in [5.74, 6) is 0.908. The van der Waals surface area contributed by atoms with Crippen molar-refractivity contribution in [3.63, 3.8) is 0 Å². The van der Waals surface area contributed by atoms with E-state index in [4.69, 9.17) is 4.74 Å². The summed E-state index contributed by atoms with van der Waals surface area (Å²) in [5.41, 5.74) is 0.564. The molecule has 5 nitrogen and oxygen atoms in total. The molecule has 0 aromatic heterocycles. The van der Waals surface area contributed by atoms with E-state index in [2.05, 4.69) is 10.6 Å². The molecule has 0 aliphatic carbocycles. The Bertz CT molecular complexity index is 590. The van der Waals surface area contributed by atoms with Gasteiger partial charge in [0.15, 0.2) is 0 Å². The minimum Gasteiger partial charge on any atom is -0.497 e. The molecule has 1 aliphatic heterocycles. The summed E-state index contributed by atoms with van der Waals surface area (Å²) in [7, 11) is 1.64. The lowest BCUT2D eigenvalue weighted by atomic mass is 9.85. The topological polar surface area (TPSA) is 67.4 Å². The number of carbonyl (C=O) groups excluding carboxylic acids is 2. The van der Waals surface area contributed by atoms with Crippen LogP contribution in [-0.4, -0.2) is 30.0 Å². The van der Waals surface area contributed by atoms with Gasteiger partial charge in [-0.15, -0.1) is 0 Å². The van der Waals surface area contributed by atoms with Gasteiger partial charge in [0.05, 0.1) is 7.11 Å². The molecule has 1 heterocycles. The zero-order valence-electron chi connectivity index (χ0n) is 15.1. The van der Waals surface area contributed by atoms with E-state index >= 15 is 0 Å². The van der Waals surface area contributed by atoms with Crippen molar-refractivity contribution >= 4 is 11.8 Å². The lowest BCUT2D eigenvalue weighted by molar-refractivity contribution is -0.123. The van der Waals surface area contributed by atoms with Gasteiger partial charge in [-0.25, -0.2) is 0 Å². The number of hydrogen-bond acceptors (Lipinski definition) is 3. The number of rotatable bonds is 6. The molecule has 132 valence electrons. The van der Waals surface area contributed by atoms with Crippen molar-refractivity contribution in [2.45, 2.75) is 64.0 Å². The smallest absolute Gasteiger partial charge is 0.220 e. The summed E-state index contributed by atoms with van der Waals surface area (Å²) >= 11 is 0. The predicted molar refractivity (Wildman–Crippen MR) is 93.9 cm³/mol. The van der Waals surface area contributed by atoms with Crippen LogP contribution in [0, 0.1) is 0 Å². The minimum atomic E-state index is -0.332. The van der Waals surface area contributed by atoms with E-state index in [-0.39, 0.29) is 22.9 Å². The maximum Gasteiger partial charge on any atom is 0.220 e. The summed E-state index contributed by atoms with van der Waals surface area (Å²) < 4.78 is 5.18. The Balaban J connectivity index is 2.03. The van der Waals surface area contributed by atoms with Gasteiger partial charge < -0.3 is 15.4 Å². The van der Waals surface area contributed by atoms with Crippen LogP contribution < -0.4 is 15.4 Å². The van der Waals surface area contributed by atoms with Crippen molar-refractivity contribution in [1.82, 2.24) is 10.6 Å². The Morgan fingerprint density at radius 1 is 1.29 bits per heavy atom. The van der Waals surface area contributed by atoms with Crippen LogP contribution >= 0.6 is 0 Å². The van der Waals surface area contributed by atoms with E-state index in [0.717, 1.165) is 24.2 Å². The summed E-state index contributed by atoms with van der Waals surface area (Å²) in [5, 5.41) is 6.09. The number of hydrogen-bond donors (Lipinski definition) is 2. The average Bonchev–Trinajstić information content (AvgIpc) is 2.86. The fourth-order valence-electron chi connectivity index (χ4n) is 3.15. The molecule has 1 saturated heterocycles. The molecule has 2 rings (SSSR count). The molecular formula is C19H28N2O3. The fraction of sp³-hybridized carbons (Fsp3) is 0.579. The maximum atomic E-state index is 12.1. The van der Waals surface area contributed by atoms with Crippen LogP contribution in [0.25, 0.3) is 0 Å². The van der Waals surface area contributed by atoms with Gasteiger partial charge >= 0.3 is 0 Å². The van der Waals surface area contributed by atoms with Gasteiger partial charge in [0.2, 0.25) is 11.8 Å². The second-order valence-electron chi connectivity index (χ2n) is 7.65. The van der Waals surface area contributed by atoms with E-state index in [9.17, 15) is 9.59 Å². The zero-order chi connectivity index (χ0) is 17.8. The third-order valence-corrected chi connectivity index (χ3v) is 4.28. The van der Waals surface area contributed by atoms with Gasteiger partial charge in [-0.05, 0) is 57.7 Å². The van der Waals surface area contributed by atoms with Crippen LogP contribution in [-0.2, 0) is 16.0 Å². The molecule has 1 atom stereocenters. The molecule has 0 saturated carbocycles. The summed E-state index contributed by atoms with van der Waals surface area (Å²) in [6, 6.07) is 7.87. The number of amides is 2. The average molecular weight is 332 g/mol. The van der Waals surface area contributed by atoms with E-state index < -0.39 is 0 Å². The number of nitrogens with one attached hydrogen (secondary N) is 2. The van der Waals surface area contributed by atoms with E-state index in [1.54, 1.807) is 7.11 Å². The highest BCUT2D eigenvalue weighted by Gasteiger charge is 2.38. The maximum absolute atomic E-state index is 12.1. The Labute approximate surface area is 144 Å². The molecule has 0 spiro atoms. The van der Waals surface area contributed by atoms with Crippen molar-refractivity contribution in [3.05, 3.63) is 29.8 Å². The van der Waals surface area contributed by atoms with Crippen LogP contribution in [0.5, 0.6) is 5.75 Å². The third-order valence-electron chi connectivity index (χ3n) is 4.28. The Hall–Kier alpha value is -2.04. The molecule has 0 radical (unpaired) electrons. The standard InChI is InChI=1S/C19H28N2O3/c1-18(2,3)20-16(22)9-11-19(12-10-17(23)21-19)13-14-5-7-15(24-4)8-6-14/h5-8H,9-13H2,1-4H3,(H,20,22)(H,21,23)/t19-/m1/s1. The molecule has 24 heavy (non-hydrogen) atoms. The first kappa shape index (κ1) is 18.3. The first-order valence-electron chi connectivity index (χ1n) is 8.46. The quantitative estimate of drug-likeness (QED) is 0.841. The second-order valence-corrected chi connectivity index (χ2v) is 7.65. The normalized spacial score (nSPS) is 20.6. The molecule has 2 N–H and O–H groups in total. The molecule has 1 aromatic rings. The van der Waals surface area contributed by atoms with E-state index in [1.807, 2.05) is 45.0 Å². The highest BCUT2D eigenvalue weighted by Crippen LogP contribution is 2.30. The second kappa shape index (κ2) is 7.24. The van der Waals surface area contributed by atoms with Crippen LogP contribution in [0.3, 0.4) is 0 Å². The zero-order valence-corrected chi connectivity index (χ0v) is 15.1. The molecule has 5 heteroatoms. The van der Waals surface area contributed by atoms with Crippen LogP contribution in [0.2, 0.25) is 0 Å². The van der Waals surface area contributed by atoms with Crippen molar-refractivity contribution in [2.24, 2.45) is 0 Å². The summed E-state index contributed by atoms with van der Waals surface area (Å²) in [6.45, 7) is 5.90. The summed E-state index contributed by atoms with van der Waals surface area (Å²) in [6.07, 6.45) is 3.07. The summed E-state index contributed by atoms with van der Waals surface area (Å²) in [4.78, 5) is 23.9. The molecule has 1 aromatic carbocycles. The predicted octanol–water partition coefficient (Wildman–Crippen LogP) is 2.58. The van der Waals surface area contributed by atoms with Gasteiger partial charge in [0.1, 0.15) is 5.75 Å². The number of ether oxygens (including phenoxy) is 1.